The van der Waals surface area contributed by atoms with Crippen LogP contribution in [0.5, 0.6) is 0 Å². The van der Waals surface area contributed by atoms with Gasteiger partial charge in [-0.05, 0) is 12.8 Å². The Morgan fingerprint density at radius 2 is 0.868 bits per heavy atom. The van der Waals surface area contributed by atoms with Crippen LogP contribution in [-0.4, -0.2) is 28.2 Å². The van der Waals surface area contributed by atoms with E-state index in [0.29, 0.717) is 12.8 Å². The molecule has 0 spiro atoms. The van der Waals surface area contributed by atoms with Gasteiger partial charge in [0.05, 0.1) is 0 Å². The number of amides is 1. The molecule has 226 valence electrons. The van der Waals surface area contributed by atoms with Gasteiger partial charge in [-0.15, -0.1) is 0 Å². The van der Waals surface area contributed by atoms with Gasteiger partial charge in [-0.2, -0.15) is 0 Å². The van der Waals surface area contributed by atoms with Crippen molar-refractivity contribution >= 4 is 11.7 Å². The maximum atomic E-state index is 12.2. The highest BCUT2D eigenvalue weighted by Crippen LogP contribution is 2.15. The van der Waals surface area contributed by atoms with Gasteiger partial charge in [-0.25, -0.2) is 0 Å². The van der Waals surface area contributed by atoms with Crippen molar-refractivity contribution in [2.75, 3.05) is 0 Å². The fourth-order valence-electron chi connectivity index (χ4n) is 5.18. The van der Waals surface area contributed by atoms with Gasteiger partial charge in [-0.1, -0.05) is 180 Å². The summed E-state index contributed by atoms with van der Waals surface area (Å²) in [5, 5.41) is 25.3. The molecule has 3 N–H and O–H groups in total. The number of hydrogen-bond donors (Lipinski definition) is 3. The second kappa shape index (κ2) is 30.4. The van der Waals surface area contributed by atoms with E-state index in [1.54, 1.807) is 0 Å². The topological polar surface area (TPSA) is 81.9 Å². The Morgan fingerprint density at radius 3 is 1.21 bits per heavy atom. The molecule has 0 radical (unpaired) electrons. The Hall–Kier alpha value is -1.10. The van der Waals surface area contributed by atoms with Crippen molar-refractivity contribution in [3.05, 3.63) is 0 Å². The van der Waals surface area contributed by atoms with Crippen molar-refractivity contribution in [1.29, 1.82) is 0 Å². The zero-order chi connectivity index (χ0) is 27.9. The highest BCUT2D eigenvalue weighted by Gasteiger charge is 2.16. The first kappa shape index (κ1) is 36.9. The average molecular weight is 539 g/mol. The number of carbonyl (C=O) groups is 1. The molecule has 0 heterocycles. The minimum absolute atomic E-state index is 0.00336. The van der Waals surface area contributed by atoms with Gasteiger partial charge >= 0.3 is 0 Å². The van der Waals surface area contributed by atoms with Crippen molar-refractivity contribution in [3.63, 3.8) is 0 Å². The predicted octanol–water partition coefficient (Wildman–Crippen LogP) is 10.2. The normalized spacial score (nSPS) is 12.7. The molecule has 1 atom stereocenters. The molecule has 1 unspecified atom stereocenters. The summed E-state index contributed by atoms with van der Waals surface area (Å²) in [6, 6.07) is 0. The van der Waals surface area contributed by atoms with Crippen LogP contribution in [0.2, 0.25) is 0 Å². The smallest absolute Gasteiger partial charge is 0.225 e. The van der Waals surface area contributed by atoms with Gasteiger partial charge in [0.25, 0.3) is 0 Å². The number of nitrogens with one attached hydrogen (secondary N) is 1. The lowest BCUT2D eigenvalue weighted by atomic mass is 10.0. The number of aliphatic hydroxyl groups is 1. The van der Waals surface area contributed by atoms with Gasteiger partial charge in [0, 0.05) is 6.42 Å². The molecule has 0 saturated carbocycles. The van der Waals surface area contributed by atoms with E-state index in [-0.39, 0.29) is 11.7 Å². The quantitative estimate of drug-likeness (QED) is 0.0291. The number of aliphatic hydroxyl groups excluding tert-OH is 1. The van der Waals surface area contributed by atoms with Crippen LogP contribution in [0.15, 0.2) is 5.16 Å². The second-order valence-electron chi connectivity index (χ2n) is 11.6. The van der Waals surface area contributed by atoms with Crippen LogP contribution in [0.1, 0.15) is 194 Å². The summed E-state index contributed by atoms with van der Waals surface area (Å²) in [6.45, 7) is 4.53. The van der Waals surface area contributed by atoms with Crippen LogP contribution in [0, 0.1) is 0 Å². The Morgan fingerprint density at radius 1 is 0.553 bits per heavy atom. The fraction of sp³-hybridized carbons (Fsp3) is 0.939. The number of amidine groups is 1. The largest absolute Gasteiger partial charge is 0.409 e. The van der Waals surface area contributed by atoms with E-state index in [2.05, 4.69) is 24.3 Å². The molecule has 5 nitrogen and oxygen atoms in total. The molecular formula is C33H66N2O3. The van der Waals surface area contributed by atoms with E-state index in [1.807, 2.05) is 0 Å². The molecule has 0 aliphatic rings. The number of nitrogens with zero attached hydrogens (tertiary/aromatic N) is 1. The van der Waals surface area contributed by atoms with Crippen LogP contribution < -0.4 is 5.32 Å². The first-order valence-corrected chi connectivity index (χ1v) is 16.9. The predicted molar refractivity (Wildman–Crippen MR) is 164 cm³/mol. The van der Waals surface area contributed by atoms with Gasteiger partial charge in [0.1, 0.15) is 6.10 Å². The van der Waals surface area contributed by atoms with Gasteiger partial charge < -0.3 is 15.6 Å². The first-order valence-electron chi connectivity index (χ1n) is 16.9. The van der Waals surface area contributed by atoms with Crippen molar-refractivity contribution < 1.29 is 15.1 Å². The molecule has 0 rings (SSSR count). The van der Waals surface area contributed by atoms with E-state index >= 15 is 0 Å². The molecule has 0 aromatic rings. The minimum atomic E-state index is -0.900. The molecule has 0 aliphatic heterocycles. The van der Waals surface area contributed by atoms with E-state index in [0.717, 1.165) is 25.7 Å². The number of hydrogen-bond acceptors (Lipinski definition) is 4. The summed E-state index contributed by atoms with van der Waals surface area (Å²) in [5.41, 5.74) is 0. The summed E-state index contributed by atoms with van der Waals surface area (Å²) in [7, 11) is 0. The lowest BCUT2D eigenvalue weighted by Gasteiger charge is -2.13. The summed E-state index contributed by atoms with van der Waals surface area (Å²) in [4.78, 5) is 12.2. The van der Waals surface area contributed by atoms with Crippen molar-refractivity contribution in [2.24, 2.45) is 5.16 Å². The highest BCUT2D eigenvalue weighted by molar-refractivity contribution is 6.00. The summed E-state index contributed by atoms with van der Waals surface area (Å²) in [5.74, 6) is -0.158. The Balaban J connectivity index is 3.57. The molecule has 5 heteroatoms. The third-order valence-electron chi connectivity index (χ3n) is 7.78. The summed E-state index contributed by atoms with van der Waals surface area (Å²) in [6.07, 6.45) is 33.3. The van der Waals surface area contributed by atoms with Gasteiger partial charge in [0.15, 0.2) is 5.84 Å². The molecular weight excluding hydrogens is 472 g/mol. The van der Waals surface area contributed by atoms with Crippen LogP contribution in [0.4, 0.5) is 0 Å². The molecule has 0 aromatic carbocycles. The standard InChI is InChI=1S/C33H66N2O3/c1-3-5-7-9-11-13-15-17-19-21-23-25-27-29-31(36)33(35-38)34-32(37)30-28-26-24-22-20-18-16-14-12-10-8-6-4-2/h31,36,38H,3-30H2,1-2H3,(H,34,35,37). The van der Waals surface area contributed by atoms with Crippen molar-refractivity contribution in [2.45, 2.75) is 200 Å². The fourth-order valence-corrected chi connectivity index (χ4v) is 5.18. The molecule has 0 bridgehead atoms. The number of carbonyl (C=O) groups excluding carboxylic acids is 1. The lowest BCUT2D eigenvalue weighted by Crippen LogP contribution is -2.38. The zero-order valence-electron chi connectivity index (χ0n) is 25.6. The number of rotatable bonds is 29. The van der Waals surface area contributed by atoms with Crippen LogP contribution in [0.25, 0.3) is 0 Å². The molecule has 38 heavy (non-hydrogen) atoms. The van der Waals surface area contributed by atoms with E-state index in [1.165, 1.54) is 141 Å². The van der Waals surface area contributed by atoms with Crippen LogP contribution in [0.3, 0.4) is 0 Å². The third-order valence-corrected chi connectivity index (χ3v) is 7.78. The number of oxime groups is 1. The van der Waals surface area contributed by atoms with Crippen molar-refractivity contribution in [1.82, 2.24) is 5.32 Å². The van der Waals surface area contributed by atoms with Crippen molar-refractivity contribution in [3.8, 4) is 0 Å². The van der Waals surface area contributed by atoms with Crippen LogP contribution >= 0.6 is 0 Å². The molecule has 0 fully saturated rings. The first-order chi connectivity index (χ1) is 18.7. The lowest BCUT2D eigenvalue weighted by molar-refractivity contribution is -0.120. The third kappa shape index (κ3) is 26.5. The molecule has 0 saturated heterocycles. The number of unbranched alkanes of at least 4 members (excludes halogenated alkanes) is 24. The second-order valence-corrected chi connectivity index (χ2v) is 11.6. The van der Waals surface area contributed by atoms with E-state index in [9.17, 15) is 15.1 Å². The zero-order valence-corrected chi connectivity index (χ0v) is 25.6. The minimum Gasteiger partial charge on any atom is -0.409 e. The molecule has 0 aliphatic carbocycles. The van der Waals surface area contributed by atoms with E-state index < -0.39 is 6.10 Å². The Kier molecular flexibility index (Phi) is 29.6. The van der Waals surface area contributed by atoms with E-state index in [4.69, 9.17) is 0 Å². The highest BCUT2D eigenvalue weighted by atomic mass is 16.4. The monoisotopic (exact) mass is 539 g/mol. The van der Waals surface area contributed by atoms with Crippen LogP contribution in [-0.2, 0) is 4.79 Å². The average Bonchev–Trinajstić information content (AvgIpc) is 2.92. The van der Waals surface area contributed by atoms with Gasteiger partial charge in [-0.3, -0.25) is 4.79 Å². The Labute approximate surface area is 237 Å². The summed E-state index contributed by atoms with van der Waals surface area (Å²) < 4.78 is 0. The maximum Gasteiger partial charge on any atom is 0.225 e. The SMILES string of the molecule is CCCCCCCCCCCCCCCC(=O)N/C(=N\O)C(O)CCCCCCCCCCCCCCC. The molecule has 1 amide bonds. The van der Waals surface area contributed by atoms with Gasteiger partial charge in [0.2, 0.25) is 5.91 Å². The Bertz CT molecular complexity index is 524. The maximum absolute atomic E-state index is 12.2. The molecule has 0 aromatic heterocycles. The summed E-state index contributed by atoms with van der Waals surface area (Å²) >= 11 is 0.